The summed E-state index contributed by atoms with van der Waals surface area (Å²) in [6.45, 7) is 1.23. The minimum absolute atomic E-state index is 0.122. The second kappa shape index (κ2) is 6.54. The quantitative estimate of drug-likeness (QED) is 0.620. The fraction of sp³-hybridized carbons (Fsp3) is 0.375. The molecule has 0 aliphatic carbocycles. The molecule has 24 heavy (non-hydrogen) atoms. The van der Waals surface area contributed by atoms with Crippen molar-refractivity contribution in [2.75, 3.05) is 6.61 Å². The van der Waals surface area contributed by atoms with E-state index in [1.807, 2.05) is 0 Å². The SMILES string of the molecule is Cc1cc(C(=O)COC(=O)c2cccn2C)c(C)n1CC(F)(F)F. The molecule has 2 aromatic rings. The normalized spacial score (nSPS) is 11.6. The summed E-state index contributed by atoms with van der Waals surface area (Å²) in [7, 11) is 1.66. The van der Waals surface area contributed by atoms with Crippen molar-refractivity contribution in [1.82, 2.24) is 9.13 Å². The van der Waals surface area contributed by atoms with Crippen molar-refractivity contribution in [2.45, 2.75) is 26.6 Å². The summed E-state index contributed by atoms with van der Waals surface area (Å²) in [6, 6.07) is 4.57. The van der Waals surface area contributed by atoms with Crippen LogP contribution in [0.1, 0.15) is 32.2 Å². The van der Waals surface area contributed by atoms with Gasteiger partial charge in [0.25, 0.3) is 0 Å². The first-order valence-electron chi connectivity index (χ1n) is 7.15. The van der Waals surface area contributed by atoms with E-state index in [2.05, 4.69) is 0 Å². The Morgan fingerprint density at radius 1 is 1.25 bits per heavy atom. The molecule has 0 radical (unpaired) electrons. The Labute approximate surface area is 136 Å². The highest BCUT2D eigenvalue weighted by atomic mass is 19.4. The Kier molecular flexibility index (Phi) is 4.86. The van der Waals surface area contributed by atoms with Crippen LogP contribution >= 0.6 is 0 Å². The maximum absolute atomic E-state index is 12.6. The molecule has 0 saturated carbocycles. The first-order chi connectivity index (χ1) is 11.1. The number of hydrogen-bond acceptors (Lipinski definition) is 3. The van der Waals surface area contributed by atoms with Gasteiger partial charge in [-0.25, -0.2) is 4.79 Å². The van der Waals surface area contributed by atoms with Gasteiger partial charge in [0, 0.05) is 30.2 Å². The van der Waals surface area contributed by atoms with Crippen molar-refractivity contribution in [1.29, 1.82) is 0 Å². The van der Waals surface area contributed by atoms with Crippen molar-refractivity contribution in [3.8, 4) is 0 Å². The average Bonchev–Trinajstić information content (AvgIpc) is 3.01. The number of esters is 1. The maximum Gasteiger partial charge on any atom is 0.406 e. The molecule has 0 aromatic carbocycles. The predicted molar refractivity (Wildman–Crippen MR) is 80.0 cm³/mol. The number of aromatic nitrogens is 2. The number of halogens is 3. The Morgan fingerprint density at radius 2 is 1.92 bits per heavy atom. The first-order valence-corrected chi connectivity index (χ1v) is 7.15. The van der Waals surface area contributed by atoms with Crippen LogP contribution < -0.4 is 0 Å². The number of Topliss-reactive ketones (excluding diaryl/α,β-unsaturated/α-hetero) is 1. The molecular formula is C16H17F3N2O3. The smallest absolute Gasteiger partial charge is 0.406 e. The summed E-state index contributed by atoms with van der Waals surface area (Å²) in [5.74, 6) is -1.21. The molecule has 2 aromatic heterocycles. The lowest BCUT2D eigenvalue weighted by Crippen LogP contribution is -2.20. The third kappa shape index (κ3) is 3.87. The fourth-order valence-corrected chi connectivity index (χ4v) is 2.46. The van der Waals surface area contributed by atoms with Gasteiger partial charge in [0.1, 0.15) is 12.2 Å². The van der Waals surface area contributed by atoms with Crippen LogP contribution in [0.5, 0.6) is 0 Å². The molecular weight excluding hydrogens is 325 g/mol. The van der Waals surface area contributed by atoms with Crippen LogP contribution in [0.3, 0.4) is 0 Å². The van der Waals surface area contributed by atoms with Gasteiger partial charge < -0.3 is 13.9 Å². The standard InChI is InChI=1S/C16H17F3N2O3/c1-10-7-12(11(2)21(10)9-16(17,18)19)14(22)8-24-15(23)13-5-4-6-20(13)3/h4-7H,8-9H2,1-3H3. The van der Waals surface area contributed by atoms with Crippen LogP contribution in [-0.2, 0) is 18.3 Å². The summed E-state index contributed by atoms with van der Waals surface area (Å²) < 4.78 is 45.3. The van der Waals surface area contributed by atoms with Crippen molar-refractivity contribution in [3.63, 3.8) is 0 Å². The van der Waals surface area contributed by atoms with Gasteiger partial charge in [0.2, 0.25) is 5.78 Å². The lowest BCUT2D eigenvalue weighted by Gasteiger charge is -2.12. The molecule has 0 unspecified atom stereocenters. The minimum atomic E-state index is -4.38. The van der Waals surface area contributed by atoms with Crippen LogP contribution in [0.4, 0.5) is 13.2 Å². The molecule has 0 amide bonds. The molecule has 0 aliphatic heterocycles. The zero-order chi connectivity index (χ0) is 18.1. The highest BCUT2D eigenvalue weighted by molar-refractivity contribution is 6.00. The minimum Gasteiger partial charge on any atom is -0.453 e. The number of alkyl halides is 3. The van der Waals surface area contributed by atoms with E-state index < -0.39 is 31.1 Å². The van der Waals surface area contributed by atoms with Gasteiger partial charge in [-0.1, -0.05) is 0 Å². The Hall–Kier alpha value is -2.51. The van der Waals surface area contributed by atoms with Crippen molar-refractivity contribution in [3.05, 3.63) is 47.0 Å². The molecule has 5 nitrogen and oxygen atoms in total. The topological polar surface area (TPSA) is 53.2 Å². The van der Waals surface area contributed by atoms with E-state index in [4.69, 9.17) is 4.74 Å². The first kappa shape index (κ1) is 17.8. The van der Waals surface area contributed by atoms with Crippen LogP contribution in [-0.4, -0.2) is 33.7 Å². The molecule has 2 heterocycles. The van der Waals surface area contributed by atoms with E-state index in [9.17, 15) is 22.8 Å². The summed E-state index contributed by atoms with van der Waals surface area (Å²) >= 11 is 0. The lowest BCUT2D eigenvalue weighted by atomic mass is 10.1. The Bertz CT molecular complexity index is 772. The highest BCUT2D eigenvalue weighted by Crippen LogP contribution is 2.23. The summed E-state index contributed by atoms with van der Waals surface area (Å²) in [6.07, 6.45) is -2.73. The van der Waals surface area contributed by atoms with E-state index in [1.165, 1.54) is 19.9 Å². The molecule has 0 N–H and O–H groups in total. The third-order valence-corrected chi connectivity index (χ3v) is 3.70. The lowest BCUT2D eigenvalue weighted by molar-refractivity contribution is -0.141. The van der Waals surface area contributed by atoms with E-state index in [1.54, 1.807) is 29.9 Å². The molecule has 2 rings (SSSR count). The van der Waals surface area contributed by atoms with Gasteiger partial charge in [-0.15, -0.1) is 0 Å². The van der Waals surface area contributed by atoms with E-state index in [-0.39, 0.29) is 17.0 Å². The summed E-state index contributed by atoms with van der Waals surface area (Å²) in [5, 5.41) is 0. The van der Waals surface area contributed by atoms with Crippen LogP contribution in [0, 0.1) is 13.8 Å². The predicted octanol–water partition coefficient (Wildman–Crippen LogP) is 3.05. The van der Waals surface area contributed by atoms with Crippen molar-refractivity contribution >= 4 is 11.8 Å². The molecule has 0 aliphatic rings. The fourth-order valence-electron chi connectivity index (χ4n) is 2.46. The Balaban J connectivity index is 2.09. The molecule has 0 fully saturated rings. The highest BCUT2D eigenvalue weighted by Gasteiger charge is 2.30. The van der Waals surface area contributed by atoms with Crippen LogP contribution in [0.2, 0.25) is 0 Å². The van der Waals surface area contributed by atoms with Crippen molar-refractivity contribution < 1.29 is 27.5 Å². The number of ketones is 1. The molecule has 0 saturated heterocycles. The monoisotopic (exact) mass is 342 g/mol. The number of aryl methyl sites for hydroxylation is 2. The number of ether oxygens (including phenoxy) is 1. The molecule has 8 heteroatoms. The number of rotatable bonds is 5. The zero-order valence-electron chi connectivity index (χ0n) is 13.5. The number of carbonyl (C=O) groups is 2. The molecule has 0 bridgehead atoms. The number of nitrogens with zero attached hydrogens (tertiary/aromatic N) is 2. The van der Waals surface area contributed by atoms with E-state index in [0.717, 1.165) is 4.57 Å². The van der Waals surface area contributed by atoms with Crippen LogP contribution in [0.15, 0.2) is 24.4 Å². The van der Waals surface area contributed by atoms with Crippen molar-refractivity contribution in [2.24, 2.45) is 7.05 Å². The van der Waals surface area contributed by atoms with Crippen LogP contribution in [0.25, 0.3) is 0 Å². The van der Waals surface area contributed by atoms with Gasteiger partial charge >= 0.3 is 12.1 Å². The van der Waals surface area contributed by atoms with E-state index >= 15 is 0 Å². The van der Waals surface area contributed by atoms with E-state index in [0.29, 0.717) is 5.69 Å². The third-order valence-electron chi connectivity index (χ3n) is 3.70. The second-order valence-corrected chi connectivity index (χ2v) is 5.49. The summed E-state index contributed by atoms with van der Waals surface area (Å²) in [5.41, 5.74) is 0.924. The largest absolute Gasteiger partial charge is 0.453 e. The molecule has 0 atom stereocenters. The maximum atomic E-state index is 12.6. The number of carbonyl (C=O) groups excluding carboxylic acids is 2. The van der Waals surface area contributed by atoms with Gasteiger partial charge in [-0.05, 0) is 32.0 Å². The Morgan fingerprint density at radius 3 is 2.46 bits per heavy atom. The average molecular weight is 342 g/mol. The second-order valence-electron chi connectivity index (χ2n) is 5.49. The molecule has 130 valence electrons. The van der Waals surface area contributed by atoms with Gasteiger partial charge in [-0.2, -0.15) is 13.2 Å². The molecule has 0 spiro atoms. The summed E-state index contributed by atoms with van der Waals surface area (Å²) in [4.78, 5) is 24.0. The van der Waals surface area contributed by atoms with Gasteiger partial charge in [-0.3, -0.25) is 4.79 Å². The number of hydrogen-bond donors (Lipinski definition) is 0. The van der Waals surface area contributed by atoms with Gasteiger partial charge in [0.15, 0.2) is 6.61 Å². The van der Waals surface area contributed by atoms with Gasteiger partial charge in [0.05, 0.1) is 0 Å². The zero-order valence-corrected chi connectivity index (χ0v) is 13.5.